The molecule has 1 N–H and O–H groups in total. The Bertz CT molecular complexity index is 1260. The maximum Gasteiger partial charge on any atom is 0.226 e. The van der Waals surface area contributed by atoms with E-state index in [1.807, 2.05) is 25.1 Å². The van der Waals surface area contributed by atoms with E-state index in [1.54, 1.807) is 32.2 Å². The predicted molar refractivity (Wildman–Crippen MR) is 121 cm³/mol. The molecule has 0 unspecified atom stereocenters. The Morgan fingerprint density at radius 1 is 1.03 bits per heavy atom. The Morgan fingerprint density at radius 2 is 1.71 bits per heavy atom. The molecule has 1 heterocycles. The van der Waals surface area contributed by atoms with E-state index in [0.29, 0.717) is 12.2 Å². The molecule has 0 bridgehead atoms. The van der Waals surface area contributed by atoms with Gasteiger partial charge in [0.25, 0.3) is 0 Å². The molecule has 0 aliphatic heterocycles. The van der Waals surface area contributed by atoms with Crippen LogP contribution in [-0.2, 0) is 26.2 Å². The highest BCUT2D eigenvalue weighted by molar-refractivity contribution is 7.94. The Morgan fingerprint density at radius 3 is 2.35 bits per heavy atom. The molecular weight excluding hydrogens is 456 g/mol. The van der Waals surface area contributed by atoms with Crippen LogP contribution in [0.4, 0.5) is 5.00 Å². The van der Waals surface area contributed by atoms with E-state index in [-0.39, 0.29) is 31.6 Å². The minimum atomic E-state index is -4.02. The summed E-state index contributed by atoms with van der Waals surface area (Å²) in [5, 5.41) is 2.95. The van der Waals surface area contributed by atoms with E-state index in [4.69, 9.17) is 4.74 Å². The Hall–Kier alpha value is -2.43. The van der Waals surface area contributed by atoms with Crippen molar-refractivity contribution in [3.05, 3.63) is 59.7 Å². The molecule has 0 saturated heterocycles. The lowest BCUT2D eigenvalue weighted by molar-refractivity contribution is 0.410. The highest BCUT2D eigenvalue weighted by Crippen LogP contribution is 2.36. The molecule has 0 atom stereocenters. The van der Waals surface area contributed by atoms with Crippen LogP contribution in [0.5, 0.6) is 5.75 Å². The van der Waals surface area contributed by atoms with Crippen molar-refractivity contribution in [2.75, 3.05) is 18.2 Å². The van der Waals surface area contributed by atoms with Crippen molar-refractivity contribution >= 4 is 36.0 Å². The molecule has 10 heteroatoms. The zero-order chi connectivity index (χ0) is 22.6. The molecule has 0 aliphatic carbocycles. The summed E-state index contributed by atoms with van der Waals surface area (Å²) in [5.74, 6) is 0.539. The standard InChI is InChI=1S/C21H24N2O5S3/c1-4-13-30(24,25)21-23-20(31(26,27)17-11-9-15(2)10-12-17)19(29-21)22-14-16-7-5-6-8-18(16)28-3/h5-12,22H,4,13-14H2,1-3H3. The summed E-state index contributed by atoms with van der Waals surface area (Å²) in [5.41, 5.74) is 1.72. The summed E-state index contributed by atoms with van der Waals surface area (Å²) in [6.45, 7) is 3.85. The van der Waals surface area contributed by atoms with Crippen molar-refractivity contribution in [1.29, 1.82) is 0 Å². The van der Waals surface area contributed by atoms with E-state index >= 15 is 0 Å². The topological polar surface area (TPSA) is 102 Å². The Kier molecular flexibility index (Phi) is 7.03. The molecule has 1 aromatic heterocycles. The SMILES string of the molecule is CCCS(=O)(=O)c1nc(S(=O)(=O)c2ccc(C)cc2)c(NCc2ccccc2OC)s1. The third kappa shape index (κ3) is 5.08. The minimum absolute atomic E-state index is 0.0585. The number of nitrogens with one attached hydrogen (secondary N) is 1. The predicted octanol–water partition coefficient (Wildman–Crippen LogP) is 4.09. The molecule has 7 nitrogen and oxygen atoms in total. The minimum Gasteiger partial charge on any atom is -0.496 e. The highest BCUT2D eigenvalue weighted by Gasteiger charge is 2.30. The van der Waals surface area contributed by atoms with Gasteiger partial charge in [0.15, 0.2) is 5.03 Å². The van der Waals surface area contributed by atoms with E-state index in [0.717, 1.165) is 22.5 Å². The average molecular weight is 481 g/mol. The highest BCUT2D eigenvalue weighted by atomic mass is 32.2. The lowest BCUT2D eigenvalue weighted by atomic mass is 10.2. The van der Waals surface area contributed by atoms with Gasteiger partial charge >= 0.3 is 0 Å². The van der Waals surface area contributed by atoms with E-state index in [9.17, 15) is 16.8 Å². The second kappa shape index (κ2) is 9.37. The Balaban J connectivity index is 2.06. The molecule has 0 radical (unpaired) electrons. The normalized spacial score (nSPS) is 12.0. The largest absolute Gasteiger partial charge is 0.496 e. The molecule has 2 aromatic carbocycles. The lowest BCUT2D eigenvalue weighted by Gasteiger charge is -2.10. The number of nitrogens with zero attached hydrogens (tertiary/aromatic N) is 1. The number of hydrogen-bond acceptors (Lipinski definition) is 8. The van der Waals surface area contributed by atoms with Crippen LogP contribution in [0.1, 0.15) is 24.5 Å². The number of methoxy groups -OCH3 is 1. The first kappa shape index (κ1) is 23.2. The zero-order valence-corrected chi connectivity index (χ0v) is 19.9. The van der Waals surface area contributed by atoms with Gasteiger partial charge < -0.3 is 10.1 Å². The summed E-state index contributed by atoms with van der Waals surface area (Å²) >= 11 is 0.834. The van der Waals surface area contributed by atoms with Gasteiger partial charge in [-0.2, -0.15) is 0 Å². The van der Waals surface area contributed by atoms with Gasteiger partial charge in [0.2, 0.25) is 24.0 Å². The van der Waals surface area contributed by atoms with E-state index < -0.39 is 19.7 Å². The van der Waals surface area contributed by atoms with Crippen molar-refractivity contribution in [2.24, 2.45) is 0 Å². The maximum atomic E-state index is 13.3. The number of hydrogen-bond donors (Lipinski definition) is 1. The number of para-hydroxylation sites is 1. The van der Waals surface area contributed by atoms with Crippen molar-refractivity contribution in [2.45, 2.75) is 41.1 Å². The second-order valence-corrected chi connectivity index (χ2v) is 12.1. The number of anilines is 1. The van der Waals surface area contributed by atoms with Crippen molar-refractivity contribution in [3.8, 4) is 5.75 Å². The number of ether oxygens (including phenoxy) is 1. The molecule has 3 aromatic rings. The van der Waals surface area contributed by atoms with Gasteiger partial charge in [-0.15, -0.1) is 0 Å². The first-order valence-corrected chi connectivity index (χ1v) is 13.6. The zero-order valence-electron chi connectivity index (χ0n) is 17.5. The van der Waals surface area contributed by atoms with Gasteiger partial charge in [0, 0.05) is 12.1 Å². The van der Waals surface area contributed by atoms with Crippen LogP contribution in [0.15, 0.2) is 62.8 Å². The van der Waals surface area contributed by atoms with Gasteiger partial charge in [0.05, 0.1) is 17.8 Å². The van der Waals surface area contributed by atoms with Crippen molar-refractivity contribution in [1.82, 2.24) is 4.98 Å². The van der Waals surface area contributed by atoms with Gasteiger partial charge in [-0.25, -0.2) is 21.8 Å². The number of thiazole rings is 1. The smallest absolute Gasteiger partial charge is 0.226 e. The Labute approximate surface area is 187 Å². The fourth-order valence-electron chi connectivity index (χ4n) is 2.92. The molecule has 166 valence electrons. The number of aromatic nitrogens is 1. The third-order valence-electron chi connectivity index (χ3n) is 4.53. The summed E-state index contributed by atoms with van der Waals surface area (Å²) in [6, 6.07) is 13.7. The summed E-state index contributed by atoms with van der Waals surface area (Å²) < 4.78 is 56.9. The molecule has 31 heavy (non-hydrogen) atoms. The summed E-state index contributed by atoms with van der Waals surface area (Å²) in [6.07, 6.45) is 0.409. The molecule has 3 rings (SSSR count). The van der Waals surface area contributed by atoms with Crippen LogP contribution in [0.3, 0.4) is 0 Å². The number of sulfone groups is 2. The lowest BCUT2D eigenvalue weighted by Crippen LogP contribution is -2.09. The molecule has 0 amide bonds. The van der Waals surface area contributed by atoms with Gasteiger partial charge in [-0.05, 0) is 31.5 Å². The average Bonchev–Trinajstić information content (AvgIpc) is 3.19. The second-order valence-electron chi connectivity index (χ2n) is 6.91. The molecule has 0 spiro atoms. The fourth-order valence-corrected chi connectivity index (χ4v) is 7.28. The van der Waals surface area contributed by atoms with E-state index in [2.05, 4.69) is 10.3 Å². The molecular formula is C21H24N2O5S3. The summed E-state index contributed by atoms with van der Waals surface area (Å²) in [7, 11) is -6.15. The first-order chi connectivity index (χ1) is 14.7. The van der Waals surface area contributed by atoms with Crippen LogP contribution in [0.2, 0.25) is 0 Å². The van der Waals surface area contributed by atoms with Crippen LogP contribution >= 0.6 is 11.3 Å². The molecule has 0 fully saturated rings. The maximum absolute atomic E-state index is 13.3. The van der Waals surface area contributed by atoms with Gasteiger partial charge in [0.1, 0.15) is 10.8 Å². The van der Waals surface area contributed by atoms with Crippen molar-refractivity contribution < 1.29 is 21.6 Å². The molecule has 0 aliphatic rings. The number of aryl methyl sites for hydroxylation is 1. The van der Waals surface area contributed by atoms with Crippen molar-refractivity contribution in [3.63, 3.8) is 0 Å². The van der Waals surface area contributed by atoms with Crippen LogP contribution < -0.4 is 10.1 Å². The third-order valence-corrected chi connectivity index (χ3v) is 9.75. The van der Waals surface area contributed by atoms with Crippen LogP contribution in [0, 0.1) is 6.92 Å². The summed E-state index contributed by atoms with van der Waals surface area (Å²) in [4.78, 5) is 4.13. The monoisotopic (exact) mass is 480 g/mol. The molecule has 0 saturated carbocycles. The first-order valence-electron chi connectivity index (χ1n) is 9.60. The van der Waals surface area contributed by atoms with E-state index in [1.165, 1.54) is 12.1 Å². The fraction of sp³-hybridized carbons (Fsp3) is 0.286. The number of benzene rings is 2. The van der Waals surface area contributed by atoms with Gasteiger partial charge in [-0.1, -0.05) is 54.2 Å². The van der Waals surface area contributed by atoms with Crippen LogP contribution in [-0.4, -0.2) is 34.7 Å². The number of rotatable bonds is 9. The van der Waals surface area contributed by atoms with Crippen LogP contribution in [0.25, 0.3) is 0 Å². The quantitative estimate of drug-likeness (QED) is 0.492. The van der Waals surface area contributed by atoms with Gasteiger partial charge in [-0.3, -0.25) is 0 Å².